The van der Waals surface area contributed by atoms with Gasteiger partial charge in [0.2, 0.25) is 17.7 Å². The summed E-state index contributed by atoms with van der Waals surface area (Å²) < 4.78 is 82.7. The molecule has 0 saturated heterocycles. The van der Waals surface area contributed by atoms with Gasteiger partial charge in [0.15, 0.2) is 6.79 Å². The van der Waals surface area contributed by atoms with Gasteiger partial charge in [-0.15, -0.1) is 6.42 Å². The molecule has 2 atom stereocenters. The quantitative estimate of drug-likeness (QED) is 0.00635. The van der Waals surface area contributed by atoms with Crippen LogP contribution in [0.5, 0.6) is 5.75 Å². The number of halogens is 1. The molecule has 3 heterocycles. The Kier molecular flexibility index (Phi) is 41.1. The fraction of sp³-hybridized carbons (Fsp3) is 0.615. The summed E-state index contributed by atoms with van der Waals surface area (Å²) >= 11 is 0. The van der Waals surface area contributed by atoms with Crippen LogP contribution in [0.2, 0.25) is 0 Å². The minimum Gasteiger partial charge on any atom is -0.493 e. The van der Waals surface area contributed by atoms with Crippen LogP contribution in [0.15, 0.2) is 52.7 Å². The van der Waals surface area contributed by atoms with Gasteiger partial charge in [-0.3, -0.25) is 24.0 Å². The Morgan fingerprint density at radius 2 is 1.34 bits per heavy atom. The summed E-state index contributed by atoms with van der Waals surface area (Å²) in [4.78, 5) is 92.5. The second-order valence-electron chi connectivity index (χ2n) is 21.3. The number of hydrogen-bond acceptors (Lipinski definition) is 23. The third-order valence-corrected chi connectivity index (χ3v) is 14.0. The zero-order chi connectivity index (χ0) is 68.8. The van der Waals surface area contributed by atoms with Gasteiger partial charge < -0.3 is 99.3 Å². The molecule has 0 aliphatic carbocycles. The minimum absolute atomic E-state index is 0.00130. The normalized spacial score (nSPS) is 12.7. The van der Waals surface area contributed by atoms with Gasteiger partial charge in [0.25, 0.3) is 5.56 Å². The Balaban J connectivity index is 1.10. The third kappa shape index (κ3) is 31.6. The van der Waals surface area contributed by atoms with Gasteiger partial charge >= 0.3 is 12.0 Å². The average Bonchev–Trinajstić information content (AvgIpc) is 1.62. The predicted molar refractivity (Wildman–Crippen MR) is 345 cm³/mol. The number of carbonyl (C=O) groups is 5. The number of rotatable bonds is 55. The largest absolute Gasteiger partial charge is 0.493 e. The lowest BCUT2D eigenvalue weighted by atomic mass is 9.98. The second kappa shape index (κ2) is 48.6. The van der Waals surface area contributed by atoms with Crippen LogP contribution >= 0.6 is 0 Å². The van der Waals surface area contributed by atoms with Gasteiger partial charge in [0.05, 0.1) is 173 Å². The highest BCUT2D eigenvalue weighted by Crippen LogP contribution is 2.37. The van der Waals surface area contributed by atoms with Gasteiger partial charge in [-0.1, -0.05) is 33.6 Å². The number of carbonyl (C=O) groups excluding carboxylic acids is 5. The van der Waals surface area contributed by atoms with Crippen molar-refractivity contribution in [2.75, 3.05) is 159 Å². The maximum absolute atomic E-state index is 15.6. The zero-order valence-electron chi connectivity index (χ0n) is 55.1. The van der Waals surface area contributed by atoms with E-state index in [0.29, 0.717) is 140 Å². The van der Waals surface area contributed by atoms with E-state index in [4.69, 9.17) is 89.5 Å². The van der Waals surface area contributed by atoms with Crippen molar-refractivity contribution in [2.24, 2.45) is 17.4 Å². The molecule has 3 aromatic rings. The van der Waals surface area contributed by atoms with Crippen molar-refractivity contribution in [2.45, 2.75) is 98.1 Å². The molecular formula is C65H97FN8O21. The van der Waals surface area contributed by atoms with Crippen molar-refractivity contribution in [1.82, 2.24) is 30.8 Å². The van der Waals surface area contributed by atoms with E-state index in [2.05, 4.69) is 27.2 Å². The molecule has 1 aromatic carbocycles. The number of hydrogen-bond donors (Lipinski definition) is 7. The monoisotopic (exact) mass is 1340 g/mol. The van der Waals surface area contributed by atoms with E-state index in [9.17, 15) is 33.9 Å². The molecule has 0 spiro atoms. The molecule has 4 rings (SSSR count). The van der Waals surface area contributed by atoms with Crippen LogP contribution in [0.4, 0.5) is 9.18 Å². The summed E-state index contributed by atoms with van der Waals surface area (Å²) in [5.74, 6) is -0.784. The fourth-order valence-electron chi connectivity index (χ4n) is 9.18. The van der Waals surface area contributed by atoms with E-state index in [0.717, 1.165) is 28.7 Å². The number of primary amides is 1. The van der Waals surface area contributed by atoms with Crippen LogP contribution in [0.1, 0.15) is 82.1 Å². The summed E-state index contributed by atoms with van der Waals surface area (Å²) in [5.41, 5.74) is 14.2. The Bertz CT molecular complexity index is 2960. The molecule has 530 valence electrons. The summed E-state index contributed by atoms with van der Waals surface area (Å²) in [6.07, 6.45) is 8.35. The molecule has 1 aliphatic rings. The van der Waals surface area contributed by atoms with Gasteiger partial charge in [-0.25, -0.2) is 23.9 Å². The fourth-order valence-corrected chi connectivity index (χ4v) is 9.18. The first-order valence-corrected chi connectivity index (χ1v) is 31.9. The highest BCUT2D eigenvalue weighted by Gasteiger charge is 2.31. The number of benzene rings is 1. The number of aryl methyl sites for hydroxylation is 1. The smallest absolute Gasteiger partial charge is 0.312 e. The topological polar surface area (TPSA) is 370 Å². The third-order valence-electron chi connectivity index (χ3n) is 14.0. The van der Waals surface area contributed by atoms with Crippen LogP contribution in [-0.2, 0) is 107 Å². The van der Waals surface area contributed by atoms with Crippen molar-refractivity contribution in [3.05, 3.63) is 80.5 Å². The summed E-state index contributed by atoms with van der Waals surface area (Å²) in [6.45, 7) is 14.2. The molecule has 2 aromatic heterocycles. The van der Waals surface area contributed by atoms with Crippen LogP contribution < -0.4 is 43.0 Å². The summed E-state index contributed by atoms with van der Waals surface area (Å²) in [6, 6.07) is 3.86. The molecule has 9 N–H and O–H groups in total. The van der Waals surface area contributed by atoms with Crippen LogP contribution in [0, 0.1) is 18.3 Å². The van der Waals surface area contributed by atoms with Crippen molar-refractivity contribution in [1.29, 1.82) is 0 Å². The second-order valence-corrected chi connectivity index (χ2v) is 21.3. The number of nitrogens with two attached hydrogens (primary N) is 2. The zero-order valence-corrected chi connectivity index (χ0v) is 55.1. The molecule has 0 saturated carbocycles. The molecule has 5 amide bonds. The molecule has 0 fully saturated rings. The van der Waals surface area contributed by atoms with Crippen LogP contribution in [-0.4, -0.2) is 215 Å². The molecule has 0 radical (unpaired) electrons. The Hall–Kier alpha value is -7.06. The van der Waals surface area contributed by atoms with Gasteiger partial charge in [0, 0.05) is 49.4 Å². The van der Waals surface area contributed by atoms with E-state index in [1.807, 2.05) is 6.92 Å². The van der Waals surface area contributed by atoms with E-state index in [1.54, 1.807) is 49.6 Å². The number of aromatic nitrogens is 2. The number of esters is 1. The SMILES string of the molecule is C#C/C=C(\C=C(\F)CCOc1ccc2nc3c(c(CC)c2c1)Cn1c-3cc(CO)c(COC(=O)CC)c1=O)NC(=O)[C@H](CCCNC(N)=O)NC(=O)C(NC(=O)CCOCCOCCOCCOCCOOCOCCOCCOCCOCCOCCOCCN)C(C)C. The van der Waals surface area contributed by atoms with Crippen molar-refractivity contribution in [3.8, 4) is 29.5 Å². The van der Waals surface area contributed by atoms with Gasteiger partial charge in [0.1, 0.15) is 36.9 Å². The highest BCUT2D eigenvalue weighted by atomic mass is 19.1. The van der Waals surface area contributed by atoms with E-state index in [-0.39, 0.29) is 115 Å². The molecular weight excluding hydrogens is 1250 g/mol. The maximum atomic E-state index is 15.6. The maximum Gasteiger partial charge on any atom is 0.312 e. The van der Waals surface area contributed by atoms with Crippen LogP contribution in [0.3, 0.4) is 0 Å². The van der Waals surface area contributed by atoms with Crippen molar-refractivity contribution >= 4 is 40.6 Å². The number of aliphatic hydroxyl groups is 1. The number of ether oxygens (including phenoxy) is 12. The van der Waals surface area contributed by atoms with Gasteiger partial charge in [-0.2, -0.15) is 0 Å². The number of allylic oxidation sites excluding steroid dienone is 2. The number of nitrogens with zero attached hydrogens (tertiary/aromatic N) is 2. The number of nitrogens with one attached hydrogen (secondary N) is 4. The Morgan fingerprint density at radius 1 is 0.747 bits per heavy atom. The lowest BCUT2D eigenvalue weighted by Crippen LogP contribution is -2.55. The first-order chi connectivity index (χ1) is 46.1. The lowest BCUT2D eigenvalue weighted by Gasteiger charge is -2.25. The lowest BCUT2D eigenvalue weighted by molar-refractivity contribution is -0.340. The molecule has 30 heteroatoms. The molecule has 1 aliphatic heterocycles. The average molecular weight is 1350 g/mol. The number of amides is 5. The van der Waals surface area contributed by atoms with Crippen molar-refractivity contribution < 1.29 is 100 Å². The summed E-state index contributed by atoms with van der Waals surface area (Å²) in [7, 11) is 0. The molecule has 95 heavy (non-hydrogen) atoms. The van der Waals surface area contributed by atoms with E-state index in [1.165, 1.54) is 0 Å². The van der Waals surface area contributed by atoms with E-state index < -0.39 is 60.2 Å². The molecule has 1 unspecified atom stereocenters. The van der Waals surface area contributed by atoms with E-state index >= 15 is 4.39 Å². The first-order valence-electron chi connectivity index (χ1n) is 31.9. The molecule has 0 bridgehead atoms. The number of fused-ring (bicyclic) bond motifs is 4. The summed E-state index contributed by atoms with van der Waals surface area (Å²) in [5, 5.41) is 21.4. The number of terminal acetylenes is 1. The molecule has 29 nitrogen and oxygen atoms in total. The van der Waals surface area contributed by atoms with Gasteiger partial charge in [-0.05, 0) is 66.6 Å². The van der Waals surface area contributed by atoms with Crippen molar-refractivity contribution in [3.63, 3.8) is 0 Å². The standard InChI is InChI=1S/C65H97FN8O21/c1-6-10-49(40-48(66)14-19-92-50-12-13-55-52(41-50)51(7-2)53-42-74-57(61(53)71-55)39-47(43-75)54(64(74)80)44-93-59(77)8-3)70-62(78)56(11-9-17-69-65(68)81)72-63(79)60(46(4)5)73-58(76)15-18-82-21-23-84-25-27-88-33-34-90-37-38-94-95-45-91-36-35-89-32-31-87-30-29-86-28-26-85-24-22-83-20-16-67/h1,10,12-13,39-41,46,56,60,75H,7-9,11,14-38,42-45,67H2,2-5H3,(H,70,78)(H,72,79)(H,73,76)(H3,68,69,81)/b48-40+,49-10+/t56-,60?/m0/s1. The van der Waals surface area contributed by atoms with Crippen LogP contribution in [0.25, 0.3) is 22.3 Å². The number of pyridine rings is 2. The minimum atomic E-state index is -1.24. The number of aliphatic hydroxyl groups excluding tert-OH is 1. The Labute approximate surface area is 553 Å². The highest BCUT2D eigenvalue weighted by molar-refractivity contribution is 5.93. The number of urea groups is 1. The first kappa shape index (κ1) is 80.4. The Morgan fingerprint density at radius 3 is 1.89 bits per heavy atom. The predicted octanol–water partition coefficient (Wildman–Crippen LogP) is 2.68.